The van der Waals surface area contributed by atoms with Gasteiger partial charge in [0.05, 0.1) is 0 Å². The van der Waals surface area contributed by atoms with E-state index in [1.807, 2.05) is 25.7 Å². The molecule has 2 saturated heterocycles. The molecule has 2 heterocycles. The number of ether oxygens (including phenoxy) is 1. The van der Waals surface area contributed by atoms with E-state index < -0.39 is 5.60 Å². The van der Waals surface area contributed by atoms with Gasteiger partial charge in [-0.3, -0.25) is 4.90 Å². The van der Waals surface area contributed by atoms with E-state index in [9.17, 15) is 4.79 Å². The molecule has 24 heavy (non-hydrogen) atoms. The zero-order valence-corrected chi connectivity index (χ0v) is 15.5. The van der Waals surface area contributed by atoms with Crippen LogP contribution in [0, 0.1) is 23.7 Å². The highest BCUT2D eigenvalue weighted by atomic mass is 16.6. The van der Waals surface area contributed by atoms with Crippen molar-refractivity contribution in [1.29, 1.82) is 0 Å². The first-order valence-corrected chi connectivity index (χ1v) is 9.48. The van der Waals surface area contributed by atoms with E-state index in [-0.39, 0.29) is 6.09 Å². The number of carbonyl (C=O) groups is 1. The van der Waals surface area contributed by atoms with E-state index in [0.717, 1.165) is 26.1 Å². The molecule has 1 unspecified atom stereocenters. The van der Waals surface area contributed by atoms with Gasteiger partial charge in [0.2, 0.25) is 0 Å². The molecule has 0 bridgehead atoms. The standard InChI is InChI=1S/C20H32N2O2/c1-5-16-6-8-17(9-7-16)21-12-10-20(14-21)11-13-22(15-20)18(23)24-19(2,3)4/h1,16-17H,6-15H2,2-4H3. The van der Waals surface area contributed by atoms with E-state index in [2.05, 4.69) is 10.8 Å². The lowest BCUT2D eigenvalue weighted by Gasteiger charge is -2.34. The van der Waals surface area contributed by atoms with Gasteiger partial charge in [0.15, 0.2) is 0 Å². The van der Waals surface area contributed by atoms with Crippen molar-refractivity contribution in [2.75, 3.05) is 26.2 Å². The molecule has 1 amide bonds. The maximum Gasteiger partial charge on any atom is 0.410 e. The second kappa shape index (κ2) is 6.59. The normalized spacial score (nSPS) is 34.5. The molecule has 0 N–H and O–H groups in total. The highest BCUT2D eigenvalue weighted by Gasteiger charge is 2.47. The van der Waals surface area contributed by atoms with Crippen LogP contribution in [0.2, 0.25) is 0 Å². The minimum atomic E-state index is -0.412. The molecule has 3 fully saturated rings. The summed E-state index contributed by atoms with van der Waals surface area (Å²) >= 11 is 0. The van der Waals surface area contributed by atoms with Crippen molar-refractivity contribution in [1.82, 2.24) is 9.80 Å². The summed E-state index contributed by atoms with van der Waals surface area (Å²) in [4.78, 5) is 16.9. The summed E-state index contributed by atoms with van der Waals surface area (Å²) < 4.78 is 5.55. The Morgan fingerprint density at radius 1 is 1.12 bits per heavy atom. The third kappa shape index (κ3) is 3.88. The van der Waals surface area contributed by atoms with Gasteiger partial charge < -0.3 is 9.64 Å². The van der Waals surface area contributed by atoms with Gasteiger partial charge in [0, 0.05) is 37.0 Å². The Hall–Kier alpha value is -1.21. The molecule has 0 aromatic rings. The number of amides is 1. The van der Waals surface area contributed by atoms with Crippen LogP contribution in [0.1, 0.15) is 59.3 Å². The summed E-state index contributed by atoms with van der Waals surface area (Å²) in [6.45, 7) is 9.80. The Kier molecular flexibility index (Phi) is 4.84. The average molecular weight is 332 g/mol. The first-order valence-electron chi connectivity index (χ1n) is 9.48. The quantitative estimate of drug-likeness (QED) is 0.689. The summed E-state index contributed by atoms with van der Waals surface area (Å²) in [7, 11) is 0. The molecule has 0 radical (unpaired) electrons. The van der Waals surface area contributed by atoms with Crippen molar-refractivity contribution in [3.8, 4) is 12.3 Å². The van der Waals surface area contributed by atoms with Crippen molar-refractivity contribution in [2.45, 2.75) is 70.9 Å². The number of terminal acetylenes is 1. The van der Waals surface area contributed by atoms with Crippen LogP contribution in [0.4, 0.5) is 4.79 Å². The lowest BCUT2D eigenvalue weighted by atomic mass is 9.85. The Balaban J connectivity index is 1.52. The summed E-state index contributed by atoms with van der Waals surface area (Å²) in [5, 5.41) is 0. The third-order valence-corrected chi connectivity index (χ3v) is 6.01. The minimum absolute atomic E-state index is 0.146. The van der Waals surface area contributed by atoms with Crippen LogP contribution in [0.5, 0.6) is 0 Å². The Bertz CT molecular complexity index is 511. The highest BCUT2D eigenvalue weighted by Crippen LogP contribution is 2.42. The molecule has 2 aliphatic heterocycles. The molecule has 1 atom stereocenters. The molecule has 134 valence electrons. The number of rotatable bonds is 1. The van der Waals surface area contributed by atoms with E-state index >= 15 is 0 Å². The molecule has 1 aliphatic carbocycles. The van der Waals surface area contributed by atoms with Crippen LogP contribution < -0.4 is 0 Å². The maximum absolute atomic E-state index is 12.3. The summed E-state index contributed by atoms with van der Waals surface area (Å²) in [5.74, 6) is 3.42. The predicted octanol–water partition coefficient (Wildman–Crippen LogP) is 3.51. The van der Waals surface area contributed by atoms with Gasteiger partial charge >= 0.3 is 6.09 Å². The first kappa shape index (κ1) is 17.6. The number of nitrogens with zero attached hydrogens (tertiary/aromatic N) is 2. The molecule has 3 rings (SSSR count). The largest absolute Gasteiger partial charge is 0.444 e. The van der Waals surface area contributed by atoms with Crippen LogP contribution >= 0.6 is 0 Å². The van der Waals surface area contributed by atoms with Gasteiger partial charge in [-0.2, -0.15) is 0 Å². The second-order valence-electron chi connectivity index (χ2n) is 9.04. The van der Waals surface area contributed by atoms with Crippen LogP contribution in [0.3, 0.4) is 0 Å². The van der Waals surface area contributed by atoms with E-state index in [0.29, 0.717) is 17.4 Å². The molecule has 1 spiro atoms. The average Bonchev–Trinajstić information content (AvgIpc) is 3.14. The van der Waals surface area contributed by atoms with Crippen LogP contribution in [-0.4, -0.2) is 53.7 Å². The molecule has 4 heteroatoms. The number of likely N-dealkylation sites (tertiary alicyclic amines) is 2. The second-order valence-corrected chi connectivity index (χ2v) is 9.04. The van der Waals surface area contributed by atoms with Crippen LogP contribution in [0.25, 0.3) is 0 Å². The van der Waals surface area contributed by atoms with Crippen molar-refractivity contribution in [3.05, 3.63) is 0 Å². The minimum Gasteiger partial charge on any atom is -0.444 e. The SMILES string of the molecule is C#CC1CCC(N2CCC3(CCN(C(=O)OC(C)(C)C)C3)C2)CC1. The summed E-state index contributed by atoms with van der Waals surface area (Å²) in [6.07, 6.45) is 12.6. The van der Waals surface area contributed by atoms with Crippen molar-refractivity contribution in [3.63, 3.8) is 0 Å². The van der Waals surface area contributed by atoms with E-state index in [1.54, 1.807) is 0 Å². The third-order valence-electron chi connectivity index (χ3n) is 6.01. The predicted molar refractivity (Wildman–Crippen MR) is 95.6 cm³/mol. The van der Waals surface area contributed by atoms with Gasteiger partial charge in [-0.15, -0.1) is 12.3 Å². The zero-order chi connectivity index (χ0) is 17.4. The molecular formula is C20H32N2O2. The lowest BCUT2D eigenvalue weighted by molar-refractivity contribution is 0.0272. The maximum atomic E-state index is 12.3. The Morgan fingerprint density at radius 3 is 2.42 bits per heavy atom. The lowest BCUT2D eigenvalue weighted by Crippen LogP contribution is -2.40. The molecule has 0 aromatic heterocycles. The van der Waals surface area contributed by atoms with Gasteiger partial charge in [-0.05, 0) is 65.8 Å². The van der Waals surface area contributed by atoms with E-state index in [1.165, 1.54) is 38.6 Å². The first-order chi connectivity index (χ1) is 11.3. The highest BCUT2D eigenvalue weighted by molar-refractivity contribution is 5.68. The summed E-state index contributed by atoms with van der Waals surface area (Å²) in [5.41, 5.74) is -0.121. The molecule has 0 aromatic carbocycles. The topological polar surface area (TPSA) is 32.8 Å². The molecular weight excluding hydrogens is 300 g/mol. The van der Waals surface area contributed by atoms with Gasteiger partial charge in [0.1, 0.15) is 5.60 Å². The molecule has 1 saturated carbocycles. The number of hydrogen-bond acceptors (Lipinski definition) is 3. The van der Waals surface area contributed by atoms with Gasteiger partial charge in [-0.25, -0.2) is 4.79 Å². The monoisotopic (exact) mass is 332 g/mol. The number of hydrogen-bond donors (Lipinski definition) is 0. The van der Waals surface area contributed by atoms with E-state index in [4.69, 9.17) is 11.2 Å². The van der Waals surface area contributed by atoms with Crippen molar-refractivity contribution >= 4 is 6.09 Å². The van der Waals surface area contributed by atoms with Crippen molar-refractivity contribution < 1.29 is 9.53 Å². The number of carbonyl (C=O) groups excluding carboxylic acids is 1. The Morgan fingerprint density at radius 2 is 1.79 bits per heavy atom. The van der Waals surface area contributed by atoms with Crippen LogP contribution in [-0.2, 0) is 4.74 Å². The zero-order valence-electron chi connectivity index (χ0n) is 15.5. The molecule has 3 aliphatic rings. The molecule has 4 nitrogen and oxygen atoms in total. The fraction of sp³-hybridized carbons (Fsp3) is 0.850. The van der Waals surface area contributed by atoms with Crippen LogP contribution in [0.15, 0.2) is 0 Å². The van der Waals surface area contributed by atoms with Crippen molar-refractivity contribution in [2.24, 2.45) is 11.3 Å². The Labute approximate surface area is 146 Å². The smallest absolute Gasteiger partial charge is 0.410 e. The van der Waals surface area contributed by atoms with Gasteiger partial charge in [0.25, 0.3) is 0 Å². The fourth-order valence-corrected chi connectivity index (χ4v) is 4.64. The fourth-order valence-electron chi connectivity index (χ4n) is 4.64. The van der Waals surface area contributed by atoms with Gasteiger partial charge in [-0.1, -0.05) is 0 Å². The summed E-state index contributed by atoms with van der Waals surface area (Å²) in [6, 6.07) is 0.699.